The predicted octanol–water partition coefficient (Wildman–Crippen LogP) is 4.56. The van der Waals surface area contributed by atoms with Crippen LogP contribution in [0.1, 0.15) is 19.4 Å². The molecule has 0 saturated carbocycles. The van der Waals surface area contributed by atoms with Crippen LogP contribution in [0.2, 0.25) is 5.02 Å². The van der Waals surface area contributed by atoms with E-state index in [1.165, 1.54) is 11.3 Å². The van der Waals surface area contributed by atoms with Crippen LogP contribution in [0, 0.1) is 0 Å². The maximum absolute atomic E-state index is 11.9. The molecule has 0 aliphatic rings. The number of thioether (sulfide) groups is 2. The van der Waals surface area contributed by atoms with Gasteiger partial charge in [-0.25, -0.2) is 0 Å². The molecule has 0 fully saturated rings. The molecule has 118 valence electrons. The van der Waals surface area contributed by atoms with Crippen molar-refractivity contribution in [1.29, 1.82) is 0 Å². The Bertz CT molecular complexity index is 616. The van der Waals surface area contributed by atoms with Gasteiger partial charge in [0.1, 0.15) is 0 Å². The van der Waals surface area contributed by atoms with Crippen LogP contribution in [0.3, 0.4) is 0 Å². The topological polar surface area (TPSA) is 54.9 Å². The number of carbonyl (C=O) groups is 1. The molecule has 0 saturated heterocycles. The van der Waals surface area contributed by atoms with Gasteiger partial charge < -0.3 is 0 Å². The molecular weight excluding hydrogens is 358 g/mol. The predicted molar refractivity (Wildman–Crippen MR) is 97.1 cm³/mol. The summed E-state index contributed by atoms with van der Waals surface area (Å²) in [5.74, 6) is 1.10. The van der Waals surface area contributed by atoms with E-state index in [0.717, 1.165) is 20.7 Å². The van der Waals surface area contributed by atoms with E-state index in [1.54, 1.807) is 23.5 Å². The molecular formula is C14H16ClN3OS3. The zero-order valence-corrected chi connectivity index (χ0v) is 15.4. The molecule has 0 unspecified atom stereocenters. The Kier molecular flexibility index (Phi) is 7.01. The second-order valence-electron chi connectivity index (χ2n) is 4.71. The average Bonchev–Trinajstić information content (AvgIpc) is 2.87. The number of nitrogens with one attached hydrogen (secondary N) is 1. The highest BCUT2D eigenvalue weighted by Crippen LogP contribution is 2.28. The molecule has 0 aliphatic carbocycles. The van der Waals surface area contributed by atoms with Crippen LogP contribution in [0.4, 0.5) is 5.13 Å². The first kappa shape index (κ1) is 17.6. The van der Waals surface area contributed by atoms with Crippen molar-refractivity contribution < 1.29 is 4.79 Å². The van der Waals surface area contributed by atoms with Gasteiger partial charge in [-0.05, 0) is 17.7 Å². The number of anilines is 1. The number of halogens is 1. The molecule has 1 heterocycles. The Labute approximate surface area is 147 Å². The summed E-state index contributed by atoms with van der Waals surface area (Å²) in [5, 5.41) is 12.5. The first-order chi connectivity index (χ1) is 10.5. The highest BCUT2D eigenvalue weighted by Gasteiger charge is 2.10. The van der Waals surface area contributed by atoms with E-state index < -0.39 is 0 Å². The molecule has 2 aromatic rings. The number of carbonyl (C=O) groups excluding carboxylic acids is 1. The molecule has 0 atom stereocenters. The summed E-state index contributed by atoms with van der Waals surface area (Å²) < 4.78 is 0.874. The van der Waals surface area contributed by atoms with Gasteiger partial charge in [0.05, 0.1) is 5.75 Å². The zero-order valence-electron chi connectivity index (χ0n) is 12.2. The summed E-state index contributed by atoms with van der Waals surface area (Å²) in [5.41, 5.74) is 1.15. The number of nitrogens with zero attached hydrogens (tertiary/aromatic N) is 2. The van der Waals surface area contributed by atoms with Crippen molar-refractivity contribution in [3.63, 3.8) is 0 Å². The van der Waals surface area contributed by atoms with Gasteiger partial charge in [0.15, 0.2) is 4.34 Å². The minimum Gasteiger partial charge on any atom is -0.300 e. The molecule has 22 heavy (non-hydrogen) atoms. The van der Waals surface area contributed by atoms with Gasteiger partial charge >= 0.3 is 0 Å². The lowest BCUT2D eigenvalue weighted by molar-refractivity contribution is -0.113. The van der Waals surface area contributed by atoms with E-state index in [4.69, 9.17) is 11.6 Å². The molecule has 0 radical (unpaired) electrons. The van der Waals surface area contributed by atoms with E-state index >= 15 is 0 Å². The van der Waals surface area contributed by atoms with Crippen molar-refractivity contribution in [2.45, 2.75) is 29.2 Å². The van der Waals surface area contributed by atoms with Crippen molar-refractivity contribution in [1.82, 2.24) is 10.2 Å². The minimum atomic E-state index is -0.0591. The minimum absolute atomic E-state index is 0.0591. The third kappa shape index (κ3) is 6.16. The fourth-order valence-electron chi connectivity index (χ4n) is 1.51. The molecule has 4 nitrogen and oxygen atoms in total. The van der Waals surface area contributed by atoms with Crippen molar-refractivity contribution >= 4 is 57.5 Å². The van der Waals surface area contributed by atoms with Crippen LogP contribution in [-0.4, -0.2) is 27.1 Å². The number of hydrogen-bond acceptors (Lipinski definition) is 6. The summed E-state index contributed by atoms with van der Waals surface area (Å²) in [6.45, 7) is 4.19. The monoisotopic (exact) mass is 373 g/mol. The Morgan fingerprint density at radius 3 is 2.73 bits per heavy atom. The maximum atomic E-state index is 11.9. The van der Waals surface area contributed by atoms with Crippen molar-refractivity contribution in [3.8, 4) is 0 Å². The normalized spacial score (nSPS) is 10.9. The van der Waals surface area contributed by atoms with Gasteiger partial charge in [-0.2, -0.15) is 0 Å². The van der Waals surface area contributed by atoms with E-state index in [0.29, 0.717) is 16.1 Å². The molecule has 0 aliphatic heterocycles. The third-order valence-corrected chi connectivity index (χ3v) is 5.59. The zero-order chi connectivity index (χ0) is 15.9. The van der Waals surface area contributed by atoms with E-state index in [1.807, 2.05) is 24.3 Å². The summed E-state index contributed by atoms with van der Waals surface area (Å²) in [4.78, 5) is 11.9. The molecule has 2 rings (SSSR count). The lowest BCUT2D eigenvalue weighted by atomic mass is 10.2. The largest absolute Gasteiger partial charge is 0.300 e. The quantitative estimate of drug-likeness (QED) is 0.569. The van der Waals surface area contributed by atoms with Gasteiger partial charge in [-0.15, -0.1) is 22.0 Å². The second kappa shape index (κ2) is 8.76. The summed E-state index contributed by atoms with van der Waals surface area (Å²) in [7, 11) is 0. The van der Waals surface area contributed by atoms with Crippen molar-refractivity contribution in [2.75, 3.05) is 11.1 Å². The van der Waals surface area contributed by atoms with Crippen LogP contribution in [-0.2, 0) is 10.5 Å². The Balaban J connectivity index is 1.73. The molecule has 0 bridgehead atoms. The number of hydrogen-bond donors (Lipinski definition) is 1. The number of rotatable bonds is 7. The van der Waals surface area contributed by atoms with Crippen molar-refractivity contribution in [3.05, 3.63) is 34.9 Å². The van der Waals surface area contributed by atoms with Crippen LogP contribution in [0.25, 0.3) is 0 Å². The summed E-state index contributed by atoms with van der Waals surface area (Å²) >= 11 is 10.4. The van der Waals surface area contributed by atoms with Crippen molar-refractivity contribution in [2.24, 2.45) is 0 Å². The summed E-state index contributed by atoms with van der Waals surface area (Å²) in [6.07, 6.45) is 0. The average molecular weight is 374 g/mol. The van der Waals surface area contributed by atoms with Gasteiger partial charge in [-0.1, -0.05) is 60.7 Å². The Morgan fingerprint density at radius 2 is 2.05 bits per heavy atom. The van der Waals surface area contributed by atoms with Gasteiger partial charge in [0.25, 0.3) is 0 Å². The summed E-state index contributed by atoms with van der Waals surface area (Å²) in [6, 6.07) is 7.64. The van der Waals surface area contributed by atoms with Crippen LogP contribution in [0.5, 0.6) is 0 Å². The number of aromatic nitrogens is 2. The smallest absolute Gasteiger partial charge is 0.236 e. The lowest BCUT2D eigenvalue weighted by Crippen LogP contribution is -2.13. The molecule has 0 spiro atoms. The first-order valence-corrected chi connectivity index (χ1v) is 9.88. The Hall–Kier alpha value is -0.760. The molecule has 1 amide bonds. The second-order valence-corrected chi connectivity index (χ2v) is 8.93. The fraction of sp³-hybridized carbons (Fsp3) is 0.357. The fourth-order valence-corrected chi connectivity index (χ4v) is 4.41. The van der Waals surface area contributed by atoms with E-state index in [9.17, 15) is 4.79 Å². The first-order valence-electron chi connectivity index (χ1n) is 6.65. The lowest BCUT2D eigenvalue weighted by Gasteiger charge is -2.02. The third-order valence-electron chi connectivity index (χ3n) is 2.40. The molecule has 8 heteroatoms. The van der Waals surface area contributed by atoms with E-state index in [-0.39, 0.29) is 5.91 Å². The highest BCUT2D eigenvalue weighted by molar-refractivity contribution is 8.01. The number of benzene rings is 1. The maximum Gasteiger partial charge on any atom is 0.236 e. The SMILES string of the molecule is CC(C)Sc1nnc(NC(=O)CSCc2ccc(Cl)cc2)s1. The van der Waals surface area contributed by atoms with Gasteiger partial charge in [0, 0.05) is 16.0 Å². The highest BCUT2D eigenvalue weighted by atomic mass is 35.5. The van der Waals surface area contributed by atoms with Crippen LogP contribution < -0.4 is 5.32 Å². The number of amides is 1. The molecule has 1 aromatic heterocycles. The molecule has 1 N–H and O–H groups in total. The van der Waals surface area contributed by atoms with Crippen LogP contribution >= 0.6 is 46.5 Å². The Morgan fingerprint density at radius 1 is 1.32 bits per heavy atom. The van der Waals surface area contributed by atoms with Gasteiger partial charge in [-0.3, -0.25) is 10.1 Å². The standard InChI is InChI=1S/C14H16ClN3OS3/c1-9(2)21-14-18-17-13(22-14)16-12(19)8-20-7-10-3-5-11(15)6-4-10/h3-6,9H,7-8H2,1-2H3,(H,16,17,19). The molecule has 1 aromatic carbocycles. The van der Waals surface area contributed by atoms with E-state index in [2.05, 4.69) is 29.4 Å². The van der Waals surface area contributed by atoms with Gasteiger partial charge in [0.2, 0.25) is 11.0 Å². The van der Waals surface area contributed by atoms with Crippen LogP contribution in [0.15, 0.2) is 28.6 Å².